The summed E-state index contributed by atoms with van der Waals surface area (Å²) >= 11 is 0. The van der Waals surface area contributed by atoms with Crippen LogP contribution in [-0.4, -0.2) is 62.8 Å². The number of amides is 1. The molecule has 0 saturated carbocycles. The van der Waals surface area contributed by atoms with Crippen molar-refractivity contribution in [2.24, 2.45) is 0 Å². The van der Waals surface area contributed by atoms with Gasteiger partial charge in [0.05, 0.1) is 0 Å². The number of ether oxygens (including phenoxy) is 1. The highest BCUT2D eigenvalue weighted by Gasteiger charge is 2.35. The smallest absolute Gasteiger partial charge is 0.221 e. The van der Waals surface area contributed by atoms with Gasteiger partial charge in [0.15, 0.2) is 0 Å². The van der Waals surface area contributed by atoms with Crippen LogP contribution in [-0.2, 0) is 9.53 Å². The molecule has 1 unspecified atom stereocenters. The summed E-state index contributed by atoms with van der Waals surface area (Å²) in [4.78, 5) is 14.2. The summed E-state index contributed by atoms with van der Waals surface area (Å²) in [5.74, 6) is 0.173. The van der Waals surface area contributed by atoms with Crippen LogP contribution in [0.5, 0.6) is 0 Å². The molecular weight excluding hydrogens is 242 g/mol. The van der Waals surface area contributed by atoms with E-state index in [1.54, 1.807) is 0 Å². The third-order valence-corrected chi connectivity index (χ3v) is 4.58. The van der Waals surface area contributed by atoms with Crippen LogP contribution in [0.15, 0.2) is 0 Å². The van der Waals surface area contributed by atoms with Crippen LogP contribution in [0.3, 0.4) is 0 Å². The van der Waals surface area contributed by atoms with Crippen molar-refractivity contribution in [1.29, 1.82) is 0 Å². The van der Waals surface area contributed by atoms with E-state index in [1.165, 1.54) is 6.42 Å². The molecule has 0 aromatic heterocycles. The first kappa shape index (κ1) is 14.8. The Morgan fingerprint density at radius 2 is 2.16 bits per heavy atom. The minimum Gasteiger partial charge on any atom is -0.381 e. The third kappa shape index (κ3) is 3.91. The number of hydrogen-bond acceptors (Lipinski definition) is 4. The lowest BCUT2D eigenvalue weighted by atomic mass is 9.88. The highest BCUT2D eigenvalue weighted by Crippen LogP contribution is 2.25. The van der Waals surface area contributed by atoms with Crippen molar-refractivity contribution < 1.29 is 9.53 Å². The molecule has 110 valence electrons. The largest absolute Gasteiger partial charge is 0.381 e. The van der Waals surface area contributed by atoms with Gasteiger partial charge in [-0.25, -0.2) is 0 Å². The first-order valence-corrected chi connectivity index (χ1v) is 7.38. The Balaban J connectivity index is 1.79. The zero-order valence-corrected chi connectivity index (χ0v) is 12.2. The summed E-state index contributed by atoms with van der Waals surface area (Å²) in [6.07, 6.45) is 4.90. The lowest BCUT2D eigenvalue weighted by Gasteiger charge is -2.42. The second-order valence-electron chi connectivity index (χ2n) is 6.01. The van der Waals surface area contributed by atoms with Gasteiger partial charge < -0.3 is 20.3 Å². The fourth-order valence-electron chi connectivity index (χ4n) is 3.02. The number of likely N-dealkylation sites (N-methyl/N-ethyl adjacent to an activating group) is 1. The van der Waals surface area contributed by atoms with E-state index < -0.39 is 0 Å². The Morgan fingerprint density at radius 3 is 2.74 bits per heavy atom. The van der Waals surface area contributed by atoms with Gasteiger partial charge in [0.2, 0.25) is 5.91 Å². The van der Waals surface area contributed by atoms with Crippen molar-refractivity contribution in [1.82, 2.24) is 15.5 Å². The van der Waals surface area contributed by atoms with Crippen molar-refractivity contribution in [3.63, 3.8) is 0 Å². The van der Waals surface area contributed by atoms with E-state index in [0.29, 0.717) is 12.5 Å². The fourth-order valence-corrected chi connectivity index (χ4v) is 3.02. The van der Waals surface area contributed by atoms with E-state index in [4.69, 9.17) is 4.74 Å². The molecule has 2 fully saturated rings. The average Bonchev–Trinajstić information content (AvgIpc) is 2.90. The second-order valence-corrected chi connectivity index (χ2v) is 6.01. The standard InChI is InChI=1S/C14H27N3O2/c1-17(2)14(5-8-19-9-6-14)11-16-13(18)10-12-4-3-7-15-12/h12,15H,3-11H2,1-2H3,(H,16,18). The third-order valence-electron chi connectivity index (χ3n) is 4.58. The van der Waals surface area contributed by atoms with Crippen molar-refractivity contribution in [3.05, 3.63) is 0 Å². The van der Waals surface area contributed by atoms with Crippen LogP contribution in [0, 0.1) is 0 Å². The number of carbonyl (C=O) groups is 1. The number of carbonyl (C=O) groups excluding carboxylic acids is 1. The minimum absolute atomic E-state index is 0.0665. The predicted octanol–water partition coefficient (Wildman–Crippen LogP) is 0.356. The lowest BCUT2D eigenvalue weighted by Crippen LogP contribution is -2.56. The van der Waals surface area contributed by atoms with Crippen LogP contribution >= 0.6 is 0 Å². The molecule has 2 rings (SSSR count). The second kappa shape index (κ2) is 6.68. The van der Waals surface area contributed by atoms with Crippen LogP contribution in [0.25, 0.3) is 0 Å². The molecule has 0 spiro atoms. The summed E-state index contributed by atoms with van der Waals surface area (Å²) in [6.45, 7) is 3.36. The maximum Gasteiger partial charge on any atom is 0.221 e. The summed E-state index contributed by atoms with van der Waals surface area (Å²) < 4.78 is 5.44. The molecule has 19 heavy (non-hydrogen) atoms. The summed E-state index contributed by atoms with van der Waals surface area (Å²) in [7, 11) is 4.19. The maximum atomic E-state index is 12.0. The van der Waals surface area contributed by atoms with Gasteiger partial charge in [0, 0.05) is 37.8 Å². The van der Waals surface area contributed by atoms with Crippen LogP contribution in [0.2, 0.25) is 0 Å². The Kier molecular flexibility index (Phi) is 5.19. The molecule has 0 aliphatic carbocycles. The molecule has 5 heteroatoms. The number of nitrogens with zero attached hydrogens (tertiary/aromatic N) is 1. The highest BCUT2D eigenvalue weighted by atomic mass is 16.5. The van der Waals surface area contributed by atoms with Gasteiger partial charge in [-0.15, -0.1) is 0 Å². The molecule has 0 bridgehead atoms. The average molecular weight is 269 g/mol. The molecule has 0 radical (unpaired) electrons. The SMILES string of the molecule is CN(C)C1(CNC(=O)CC2CCCN2)CCOCC1. The Hall–Kier alpha value is -0.650. The van der Waals surface area contributed by atoms with E-state index in [0.717, 1.165) is 45.6 Å². The minimum atomic E-state index is 0.0665. The summed E-state index contributed by atoms with van der Waals surface area (Å²) in [5, 5.41) is 6.49. The first-order valence-electron chi connectivity index (χ1n) is 7.38. The molecule has 2 saturated heterocycles. The maximum absolute atomic E-state index is 12.0. The zero-order chi connectivity index (χ0) is 13.7. The lowest BCUT2D eigenvalue weighted by molar-refractivity contribution is -0.122. The molecule has 0 aromatic carbocycles. The van der Waals surface area contributed by atoms with Gasteiger partial charge in [0.25, 0.3) is 0 Å². The molecular formula is C14H27N3O2. The van der Waals surface area contributed by atoms with Crippen LogP contribution in [0.1, 0.15) is 32.1 Å². The van der Waals surface area contributed by atoms with E-state index in [2.05, 4.69) is 29.6 Å². The normalized spacial score (nSPS) is 26.6. The Labute approximate surface area is 116 Å². The van der Waals surface area contributed by atoms with Crippen molar-refractivity contribution in [2.75, 3.05) is 40.4 Å². The van der Waals surface area contributed by atoms with Gasteiger partial charge in [-0.05, 0) is 46.3 Å². The van der Waals surface area contributed by atoms with Crippen molar-refractivity contribution in [3.8, 4) is 0 Å². The Morgan fingerprint density at radius 1 is 1.42 bits per heavy atom. The van der Waals surface area contributed by atoms with Gasteiger partial charge in [-0.1, -0.05) is 0 Å². The van der Waals surface area contributed by atoms with E-state index in [1.807, 2.05) is 0 Å². The first-order chi connectivity index (χ1) is 9.12. The van der Waals surface area contributed by atoms with Crippen LogP contribution < -0.4 is 10.6 Å². The highest BCUT2D eigenvalue weighted by molar-refractivity contribution is 5.76. The molecule has 2 aliphatic rings. The van der Waals surface area contributed by atoms with Crippen molar-refractivity contribution in [2.45, 2.75) is 43.7 Å². The zero-order valence-electron chi connectivity index (χ0n) is 12.2. The number of rotatable bonds is 5. The topological polar surface area (TPSA) is 53.6 Å². The molecule has 5 nitrogen and oxygen atoms in total. The molecule has 1 atom stereocenters. The van der Waals surface area contributed by atoms with Gasteiger partial charge in [0.1, 0.15) is 0 Å². The van der Waals surface area contributed by atoms with E-state index in [-0.39, 0.29) is 11.4 Å². The van der Waals surface area contributed by atoms with E-state index in [9.17, 15) is 4.79 Å². The summed E-state index contributed by atoms with van der Waals surface area (Å²) in [5.41, 5.74) is 0.0665. The molecule has 2 N–H and O–H groups in total. The Bertz CT molecular complexity index is 295. The summed E-state index contributed by atoms with van der Waals surface area (Å²) in [6, 6.07) is 0.380. The molecule has 1 amide bonds. The van der Waals surface area contributed by atoms with E-state index >= 15 is 0 Å². The van der Waals surface area contributed by atoms with Gasteiger partial charge in [-0.3, -0.25) is 4.79 Å². The predicted molar refractivity (Wildman–Crippen MR) is 75.1 cm³/mol. The van der Waals surface area contributed by atoms with Gasteiger partial charge in [-0.2, -0.15) is 0 Å². The fraction of sp³-hybridized carbons (Fsp3) is 0.929. The van der Waals surface area contributed by atoms with Crippen LogP contribution in [0.4, 0.5) is 0 Å². The monoisotopic (exact) mass is 269 g/mol. The molecule has 0 aromatic rings. The number of nitrogens with one attached hydrogen (secondary N) is 2. The quantitative estimate of drug-likeness (QED) is 0.756. The number of hydrogen-bond donors (Lipinski definition) is 2. The molecule has 2 heterocycles. The van der Waals surface area contributed by atoms with Gasteiger partial charge >= 0.3 is 0 Å². The molecule has 2 aliphatic heterocycles. The van der Waals surface area contributed by atoms with Crippen molar-refractivity contribution >= 4 is 5.91 Å².